The molecule has 0 aliphatic rings. The molecule has 0 radical (unpaired) electrons. The van der Waals surface area contributed by atoms with Crippen LogP contribution in [0.1, 0.15) is 21.7 Å². The van der Waals surface area contributed by atoms with Crippen LogP contribution < -0.4 is 15.5 Å². The summed E-state index contributed by atoms with van der Waals surface area (Å²) in [5.41, 5.74) is 4.31. The minimum Gasteiger partial charge on any atom is -0.484 e. The van der Waals surface area contributed by atoms with Crippen LogP contribution in [-0.4, -0.2) is 31.2 Å². The SMILES string of the molecule is O=C(COc1ccc(/C=N\NC(=O)c2ccco2)cc1)NCCc1ccccc1. The highest BCUT2D eigenvalue weighted by atomic mass is 16.5. The quantitative estimate of drug-likeness (QED) is 0.433. The van der Waals surface area contributed by atoms with Crippen molar-refractivity contribution in [3.05, 3.63) is 89.9 Å². The predicted octanol–water partition coefficient (Wildman–Crippen LogP) is 2.78. The summed E-state index contributed by atoms with van der Waals surface area (Å²) >= 11 is 0. The fourth-order valence-corrected chi connectivity index (χ4v) is 2.47. The van der Waals surface area contributed by atoms with Gasteiger partial charge in [0.15, 0.2) is 12.4 Å². The van der Waals surface area contributed by atoms with Crippen LogP contribution in [0.15, 0.2) is 82.5 Å². The van der Waals surface area contributed by atoms with Crippen molar-refractivity contribution in [1.29, 1.82) is 0 Å². The lowest BCUT2D eigenvalue weighted by Gasteiger charge is -2.08. The molecule has 0 saturated heterocycles. The first-order valence-corrected chi connectivity index (χ1v) is 9.11. The van der Waals surface area contributed by atoms with E-state index in [0.717, 1.165) is 12.0 Å². The molecule has 148 valence electrons. The first kappa shape index (κ1) is 19.9. The second kappa shape index (κ2) is 10.5. The summed E-state index contributed by atoms with van der Waals surface area (Å²) in [7, 11) is 0. The molecule has 1 heterocycles. The molecule has 0 aliphatic carbocycles. The van der Waals surface area contributed by atoms with Crippen LogP contribution in [0.5, 0.6) is 5.75 Å². The van der Waals surface area contributed by atoms with Crippen LogP contribution in [0.4, 0.5) is 0 Å². The largest absolute Gasteiger partial charge is 0.484 e. The van der Waals surface area contributed by atoms with E-state index in [2.05, 4.69) is 15.8 Å². The van der Waals surface area contributed by atoms with E-state index < -0.39 is 5.91 Å². The van der Waals surface area contributed by atoms with Crippen molar-refractivity contribution in [2.75, 3.05) is 13.2 Å². The van der Waals surface area contributed by atoms with Crippen LogP contribution in [0.2, 0.25) is 0 Å². The summed E-state index contributed by atoms with van der Waals surface area (Å²) in [6, 6.07) is 20.1. The van der Waals surface area contributed by atoms with Gasteiger partial charge in [0, 0.05) is 6.54 Å². The van der Waals surface area contributed by atoms with E-state index in [1.54, 1.807) is 36.4 Å². The molecule has 2 N–H and O–H groups in total. The highest BCUT2D eigenvalue weighted by Crippen LogP contribution is 2.11. The molecule has 3 rings (SSSR count). The van der Waals surface area contributed by atoms with E-state index in [0.29, 0.717) is 12.3 Å². The molecule has 0 fully saturated rings. The summed E-state index contributed by atoms with van der Waals surface area (Å²) in [5.74, 6) is 0.157. The molecular weight excluding hydrogens is 370 g/mol. The van der Waals surface area contributed by atoms with E-state index >= 15 is 0 Å². The van der Waals surface area contributed by atoms with Gasteiger partial charge < -0.3 is 14.5 Å². The summed E-state index contributed by atoms with van der Waals surface area (Å²) in [6.07, 6.45) is 3.69. The molecule has 1 aromatic heterocycles. The van der Waals surface area contributed by atoms with Crippen molar-refractivity contribution in [3.8, 4) is 5.75 Å². The lowest BCUT2D eigenvalue weighted by atomic mass is 10.1. The first-order valence-electron chi connectivity index (χ1n) is 9.11. The summed E-state index contributed by atoms with van der Waals surface area (Å²) in [4.78, 5) is 23.5. The van der Waals surface area contributed by atoms with Gasteiger partial charge in [-0.15, -0.1) is 0 Å². The Balaban J connectivity index is 1.37. The normalized spacial score (nSPS) is 10.6. The van der Waals surface area contributed by atoms with Crippen molar-refractivity contribution in [2.45, 2.75) is 6.42 Å². The van der Waals surface area contributed by atoms with Gasteiger partial charge >= 0.3 is 5.91 Å². The number of rotatable bonds is 9. The third-order valence-corrected chi connectivity index (χ3v) is 3.95. The number of hydrazone groups is 1. The fourth-order valence-electron chi connectivity index (χ4n) is 2.47. The molecule has 3 aromatic rings. The number of benzene rings is 2. The molecule has 0 aliphatic heterocycles. The minimum absolute atomic E-state index is 0.0541. The topological polar surface area (TPSA) is 92.9 Å². The smallest absolute Gasteiger partial charge is 0.307 e. The van der Waals surface area contributed by atoms with Gasteiger partial charge in [0.05, 0.1) is 12.5 Å². The molecule has 0 bridgehead atoms. The van der Waals surface area contributed by atoms with Gasteiger partial charge in [-0.25, -0.2) is 5.43 Å². The number of hydrogen-bond donors (Lipinski definition) is 2. The van der Waals surface area contributed by atoms with Gasteiger partial charge in [0.1, 0.15) is 5.75 Å². The van der Waals surface area contributed by atoms with Crippen molar-refractivity contribution in [2.24, 2.45) is 5.10 Å². The maximum absolute atomic E-state index is 11.9. The zero-order valence-electron chi connectivity index (χ0n) is 15.7. The molecule has 29 heavy (non-hydrogen) atoms. The molecule has 0 atom stereocenters. The number of nitrogens with one attached hydrogen (secondary N) is 2. The number of furan rings is 1. The van der Waals surface area contributed by atoms with Gasteiger partial charge in [0.2, 0.25) is 0 Å². The van der Waals surface area contributed by atoms with Crippen LogP contribution in [-0.2, 0) is 11.2 Å². The average molecular weight is 391 g/mol. The molecule has 2 amide bonds. The van der Waals surface area contributed by atoms with E-state index in [9.17, 15) is 9.59 Å². The van der Waals surface area contributed by atoms with Gasteiger partial charge in [-0.1, -0.05) is 30.3 Å². The first-order chi connectivity index (χ1) is 14.2. The van der Waals surface area contributed by atoms with Gasteiger partial charge in [0.25, 0.3) is 5.91 Å². The Morgan fingerprint density at radius 1 is 1.00 bits per heavy atom. The summed E-state index contributed by atoms with van der Waals surface area (Å²) < 4.78 is 10.5. The van der Waals surface area contributed by atoms with Crippen LogP contribution in [0.25, 0.3) is 0 Å². The maximum atomic E-state index is 11.9. The Labute approximate surface area is 168 Å². The minimum atomic E-state index is -0.426. The standard InChI is InChI=1S/C22H21N3O4/c26-21(23-13-12-17-5-2-1-3-6-17)16-29-19-10-8-18(9-11-19)15-24-25-22(27)20-7-4-14-28-20/h1-11,14-15H,12-13,16H2,(H,23,26)(H,25,27)/b24-15-. The monoisotopic (exact) mass is 391 g/mol. The number of hydrogen-bond acceptors (Lipinski definition) is 5. The molecular formula is C22H21N3O4. The lowest BCUT2D eigenvalue weighted by molar-refractivity contribution is -0.123. The van der Waals surface area contributed by atoms with E-state index in [1.165, 1.54) is 18.0 Å². The van der Waals surface area contributed by atoms with Crippen molar-refractivity contribution < 1.29 is 18.7 Å². The molecule has 7 nitrogen and oxygen atoms in total. The number of ether oxygens (including phenoxy) is 1. The molecule has 0 unspecified atom stereocenters. The number of amides is 2. The lowest BCUT2D eigenvalue weighted by Crippen LogP contribution is -2.30. The zero-order valence-corrected chi connectivity index (χ0v) is 15.7. The maximum Gasteiger partial charge on any atom is 0.307 e. The third-order valence-electron chi connectivity index (χ3n) is 3.95. The average Bonchev–Trinajstić information content (AvgIpc) is 3.29. The van der Waals surface area contributed by atoms with Gasteiger partial charge in [-0.3, -0.25) is 9.59 Å². The van der Waals surface area contributed by atoms with Crippen LogP contribution in [0.3, 0.4) is 0 Å². The van der Waals surface area contributed by atoms with Gasteiger partial charge in [-0.05, 0) is 53.9 Å². The Morgan fingerprint density at radius 3 is 2.52 bits per heavy atom. The van der Waals surface area contributed by atoms with Crippen molar-refractivity contribution in [1.82, 2.24) is 10.7 Å². The van der Waals surface area contributed by atoms with E-state index in [1.807, 2.05) is 30.3 Å². The number of carbonyl (C=O) groups is 2. The van der Waals surface area contributed by atoms with Crippen LogP contribution >= 0.6 is 0 Å². The Morgan fingerprint density at radius 2 is 1.79 bits per heavy atom. The second-order valence-corrected chi connectivity index (χ2v) is 6.12. The van der Waals surface area contributed by atoms with E-state index in [-0.39, 0.29) is 18.3 Å². The third kappa shape index (κ3) is 6.66. The highest BCUT2D eigenvalue weighted by molar-refractivity contribution is 5.92. The fraction of sp³-hybridized carbons (Fsp3) is 0.136. The van der Waals surface area contributed by atoms with Crippen LogP contribution in [0, 0.1) is 0 Å². The number of nitrogens with zero attached hydrogens (tertiary/aromatic N) is 1. The molecule has 2 aromatic carbocycles. The van der Waals surface area contributed by atoms with Crippen molar-refractivity contribution >= 4 is 18.0 Å². The zero-order chi connectivity index (χ0) is 20.3. The van der Waals surface area contributed by atoms with E-state index in [4.69, 9.17) is 9.15 Å². The molecule has 0 spiro atoms. The summed E-state index contributed by atoms with van der Waals surface area (Å²) in [5, 5.41) is 6.70. The predicted molar refractivity (Wildman–Crippen MR) is 109 cm³/mol. The number of carbonyl (C=O) groups excluding carboxylic acids is 2. The Kier molecular flexibility index (Phi) is 7.17. The molecule has 7 heteroatoms. The summed E-state index contributed by atoms with van der Waals surface area (Å²) in [6.45, 7) is 0.507. The second-order valence-electron chi connectivity index (χ2n) is 6.12. The Bertz CT molecular complexity index is 936. The highest BCUT2D eigenvalue weighted by Gasteiger charge is 2.06. The van der Waals surface area contributed by atoms with Crippen molar-refractivity contribution in [3.63, 3.8) is 0 Å². The molecule has 0 saturated carbocycles. The Hall–Kier alpha value is -3.87. The van der Waals surface area contributed by atoms with Gasteiger partial charge in [-0.2, -0.15) is 5.10 Å².